The number of sulfone groups is 4. The van der Waals surface area contributed by atoms with E-state index in [1.807, 2.05) is 106 Å². The van der Waals surface area contributed by atoms with E-state index in [9.17, 15) is 102 Å². The van der Waals surface area contributed by atoms with Gasteiger partial charge < -0.3 is 18.9 Å². The van der Waals surface area contributed by atoms with Crippen molar-refractivity contribution in [1.29, 1.82) is 0 Å². The summed E-state index contributed by atoms with van der Waals surface area (Å²) < 4.78 is 245. The van der Waals surface area contributed by atoms with Crippen LogP contribution in [0.2, 0.25) is 0 Å². The van der Waals surface area contributed by atoms with E-state index in [4.69, 9.17) is 18.9 Å². The highest BCUT2D eigenvalue weighted by molar-refractivity contribution is 7.92. The van der Waals surface area contributed by atoms with Crippen LogP contribution in [0.5, 0.6) is 23.0 Å². The second kappa shape index (κ2) is 40.5. The van der Waals surface area contributed by atoms with Gasteiger partial charge in [0.1, 0.15) is 97.9 Å². The van der Waals surface area contributed by atoms with Gasteiger partial charge in [-0.15, -0.1) is 0 Å². The predicted molar refractivity (Wildman–Crippen MR) is 543 cm³/mol. The Hall–Kier alpha value is -11.5. The van der Waals surface area contributed by atoms with Gasteiger partial charge in [-0.2, -0.15) is 22.0 Å². The number of rotatable bonds is 28. The zero-order valence-corrected chi connectivity index (χ0v) is 88.0. The lowest BCUT2D eigenvalue weighted by molar-refractivity contribution is -0.153. The molecule has 0 radical (unpaired) electrons. The molecule has 25 nitrogen and oxygen atoms in total. The molecule has 8 aromatic rings. The first-order valence-corrected chi connectivity index (χ1v) is 55.8. The standard InChI is InChI=1S/C28H32F2N2O4S.C27H30F4N2O4S.C27H33FN2O5S.C26H29F3N2O4S/c1-18-26(2,3)22-13-19(24(33)16-27(4)8-11-37(34,35)12-9-27)5-6-23(22)32(18)25-14-21(7-10-31-25)36-17-20-15-28(20,29)30;1-17-25(2,3)20-13-18(22(34)15-26(4)8-11-38(35,36)12-9-26)5-6-21(20)33(17)23-14-19(7-10-32-23)37-16-27(30,31)24(28)29;1-25(2,28)17-35-19-8-11-29-23(15-19)30-21-7-6-18(14-20(21)26(3,4)24(30)32)22(31)16-27(5)9-12-36(33,34)13-10-27;1-17-24(2,3)20-13-18(22(32)15-25(4)8-11-36(33,34)12-9-25)5-6-21(20)31(17)23-14-19(7-10-30-23)35-16-26(27,28)29/h5-7,10,13-14,20H,1,8-9,11-12,15-17H2,2-4H3;5-7,10,13-14,24H,1,8-9,11-12,15-16H2,2-4H3;6-8,11,14-15H,9-10,12-13,16-17H2,1-5H3;5-7,10,13-14H,1,8-9,11-12,15-16H2,2-4H3. The van der Waals surface area contributed by atoms with Gasteiger partial charge in [0.25, 0.3) is 5.92 Å². The van der Waals surface area contributed by atoms with Crippen molar-refractivity contribution >= 4 is 114 Å². The van der Waals surface area contributed by atoms with Crippen LogP contribution in [0.1, 0.15) is 244 Å². The Morgan fingerprint density at radius 1 is 0.374 bits per heavy atom. The molecule has 39 heteroatoms. The molecule has 1 amide bonds. The Balaban J connectivity index is 0.000000155. The van der Waals surface area contributed by atoms with E-state index < -0.39 is 116 Å². The Morgan fingerprint density at radius 3 is 0.878 bits per heavy atom. The number of carbonyl (C=O) groups excluding carboxylic acids is 5. The Labute approximate surface area is 851 Å². The summed E-state index contributed by atoms with van der Waals surface area (Å²) in [5, 5.41) is 0. The first-order valence-electron chi connectivity index (χ1n) is 48.5. The van der Waals surface area contributed by atoms with Gasteiger partial charge in [-0.1, -0.05) is 89.0 Å². The summed E-state index contributed by atoms with van der Waals surface area (Å²) >= 11 is 0. The highest BCUT2D eigenvalue weighted by Crippen LogP contribution is 2.57. The number of carbonyl (C=O) groups is 5. The minimum absolute atomic E-state index is 0.00476. The molecule has 4 aromatic carbocycles. The van der Waals surface area contributed by atoms with Crippen LogP contribution in [0.3, 0.4) is 0 Å². The van der Waals surface area contributed by atoms with Crippen molar-refractivity contribution in [3.63, 3.8) is 0 Å². The number of hydrogen-bond donors (Lipinski definition) is 0. The van der Waals surface area contributed by atoms with E-state index in [2.05, 4.69) is 39.7 Å². The number of hydrogen-bond acceptors (Lipinski definition) is 24. The molecule has 4 saturated heterocycles. The van der Waals surface area contributed by atoms with Crippen LogP contribution in [-0.4, -0.2) is 185 Å². The predicted octanol–water partition coefficient (Wildman–Crippen LogP) is 22.6. The van der Waals surface area contributed by atoms with Crippen molar-refractivity contribution in [3.05, 3.63) is 227 Å². The molecule has 17 rings (SSSR count). The molecule has 1 unspecified atom stereocenters. The minimum Gasteiger partial charge on any atom is -0.493 e. The van der Waals surface area contributed by atoms with E-state index in [0.717, 1.165) is 33.8 Å². The number of Topliss-reactive ketones (excluding diaryl/α,β-unsaturated/α-hetero) is 4. The molecule has 0 bridgehead atoms. The van der Waals surface area contributed by atoms with Gasteiger partial charge in [0.2, 0.25) is 5.91 Å². The van der Waals surface area contributed by atoms with Crippen molar-refractivity contribution in [2.24, 2.45) is 27.6 Å². The zero-order valence-electron chi connectivity index (χ0n) is 84.7. The number of anilines is 8. The van der Waals surface area contributed by atoms with E-state index in [0.29, 0.717) is 143 Å². The van der Waals surface area contributed by atoms with E-state index in [1.54, 1.807) is 94.9 Å². The highest BCUT2D eigenvalue weighted by Gasteiger charge is 2.58. The van der Waals surface area contributed by atoms with Gasteiger partial charge in [0.05, 0.1) is 86.7 Å². The van der Waals surface area contributed by atoms with Crippen LogP contribution in [0.4, 0.5) is 89.9 Å². The number of alkyl halides is 10. The fourth-order valence-electron chi connectivity index (χ4n) is 19.4. The average Bonchev–Trinajstić information content (AvgIpc) is 1.59. The number of benzene rings is 4. The molecule has 1 saturated carbocycles. The first-order chi connectivity index (χ1) is 68.0. The lowest BCUT2D eigenvalue weighted by Crippen LogP contribution is -2.33. The smallest absolute Gasteiger partial charge is 0.422 e. The van der Waals surface area contributed by atoms with Crippen molar-refractivity contribution in [2.45, 2.75) is 232 Å². The maximum Gasteiger partial charge on any atom is 0.422 e. The second-order valence-electron chi connectivity index (χ2n) is 44.3. The van der Waals surface area contributed by atoms with E-state index >= 15 is 0 Å². The monoisotopic (exact) mass is 2120 g/mol. The summed E-state index contributed by atoms with van der Waals surface area (Å²) in [7, 11) is -12.1. The Bertz CT molecular complexity index is 6790. The van der Waals surface area contributed by atoms with E-state index in [1.165, 1.54) is 61.6 Å². The number of nitrogens with zero attached hydrogens (tertiary/aromatic N) is 8. The maximum atomic E-state index is 13.9. The van der Waals surface area contributed by atoms with Crippen LogP contribution < -0.4 is 38.5 Å². The number of allylic oxidation sites excluding steroid dienone is 3. The lowest BCUT2D eigenvalue weighted by atomic mass is 9.77. The van der Waals surface area contributed by atoms with Crippen molar-refractivity contribution in [3.8, 4) is 23.0 Å². The third kappa shape index (κ3) is 25.2. The summed E-state index contributed by atoms with van der Waals surface area (Å²) in [5.41, 5.74) is 4.85. The van der Waals surface area contributed by atoms with E-state index in [-0.39, 0.29) is 142 Å². The fourth-order valence-corrected chi connectivity index (χ4v) is 26.7. The maximum absolute atomic E-state index is 13.9. The topological polar surface area (TPSA) is 323 Å². The molecule has 4 aromatic heterocycles. The zero-order chi connectivity index (χ0) is 108. The molecular weight excluding hydrogens is 2000 g/mol. The van der Waals surface area contributed by atoms with Gasteiger partial charge in [-0.3, -0.25) is 43.6 Å². The highest BCUT2D eigenvalue weighted by atomic mass is 32.2. The fraction of sp³-hybridized carbons (Fsp3) is 0.491. The van der Waals surface area contributed by atoms with Crippen LogP contribution in [0, 0.1) is 27.6 Å². The summed E-state index contributed by atoms with van der Waals surface area (Å²) in [6.07, 6.45) is 2.10. The largest absolute Gasteiger partial charge is 0.493 e. The molecule has 12 heterocycles. The molecule has 8 aliphatic heterocycles. The molecule has 0 spiro atoms. The Kier molecular flexibility index (Phi) is 30.6. The molecule has 147 heavy (non-hydrogen) atoms. The lowest BCUT2D eigenvalue weighted by Gasteiger charge is -2.32. The number of halogens is 10. The summed E-state index contributed by atoms with van der Waals surface area (Å²) in [6, 6.07) is 33.4. The normalized spacial score (nSPS) is 21.2. The average molecular weight is 2120 g/mol. The second-order valence-corrected chi connectivity index (χ2v) is 53.5. The van der Waals surface area contributed by atoms with Gasteiger partial charge in [-0.05, 0) is 220 Å². The SMILES string of the molecule is C=C1N(c2cc(OCC(F)(F)C(F)F)ccn2)c2ccc(C(=O)CC3(C)CCS(=O)(=O)CC3)cc2C1(C)C.C=C1N(c2cc(OCC(F)(F)F)ccn2)c2ccc(C(=O)CC3(C)CCS(=O)(=O)CC3)cc2C1(C)C.C=C1N(c2cc(OCC3CC3(F)F)ccn2)c2ccc(C(=O)CC3(C)CCS(=O)(=O)CC3)cc2C1(C)C.CC(C)(F)COc1ccnc(N2C(=O)C(C)(C)c3cc(C(=O)CC4(C)CCS(=O)(=O)CC4)ccc32)c1. The van der Waals surface area contributed by atoms with Crippen molar-refractivity contribution in [1.82, 2.24) is 19.9 Å². The number of pyridine rings is 4. The number of ether oxygens (including phenoxy) is 4. The first kappa shape index (κ1) is 111. The third-order valence-corrected chi connectivity index (χ3v) is 36.7. The van der Waals surface area contributed by atoms with Crippen LogP contribution in [0.15, 0.2) is 183 Å². The molecule has 1 atom stereocenters. The number of amides is 1. The molecule has 5 fully saturated rings. The minimum atomic E-state index is -4.46. The van der Waals surface area contributed by atoms with Crippen LogP contribution >= 0.6 is 0 Å². The quantitative estimate of drug-likeness (QED) is 0.0325. The number of aromatic nitrogens is 4. The van der Waals surface area contributed by atoms with Gasteiger partial charge in [-0.25, -0.2) is 75.6 Å². The molecular formula is C108H124F10N8O17S4. The summed E-state index contributed by atoms with van der Waals surface area (Å²) in [5.74, 6) is -4.82. The molecule has 1 aliphatic carbocycles. The summed E-state index contributed by atoms with van der Waals surface area (Å²) in [6.45, 7) is 35.8. The van der Waals surface area contributed by atoms with Crippen LogP contribution in [-0.2, 0) is 65.8 Å². The van der Waals surface area contributed by atoms with Gasteiger partial charge in [0.15, 0.2) is 36.3 Å². The molecule has 0 N–H and O–H groups in total. The van der Waals surface area contributed by atoms with Gasteiger partial charge in [0, 0.05) is 137 Å². The van der Waals surface area contributed by atoms with Gasteiger partial charge >= 0.3 is 18.5 Å². The molecule has 792 valence electrons. The number of ketones is 4. The van der Waals surface area contributed by atoms with Crippen molar-refractivity contribution < 1.29 is 120 Å². The third-order valence-electron chi connectivity index (χ3n) is 30.1. The van der Waals surface area contributed by atoms with Crippen molar-refractivity contribution in [2.75, 3.05) is 92.0 Å². The molecule has 9 aliphatic rings. The number of fused-ring (bicyclic) bond motifs is 4. The Morgan fingerprint density at radius 2 is 0.619 bits per heavy atom. The summed E-state index contributed by atoms with van der Waals surface area (Å²) in [4.78, 5) is 90.8. The van der Waals surface area contributed by atoms with Crippen LogP contribution in [0.25, 0.3) is 0 Å².